The first-order valence-electron chi connectivity index (χ1n) is 19.7. The van der Waals surface area contributed by atoms with Crippen LogP contribution in [0.25, 0.3) is 78.0 Å². The average molecular weight is 740 g/mol. The minimum absolute atomic E-state index is 0.584. The van der Waals surface area contributed by atoms with Gasteiger partial charge >= 0.3 is 0 Å². The number of pyridine rings is 1. The number of fused-ring (bicyclic) bond motifs is 12. The molecule has 0 fully saturated rings. The maximum atomic E-state index is 6.64. The van der Waals surface area contributed by atoms with Crippen molar-refractivity contribution in [1.29, 1.82) is 0 Å². The molecule has 3 heterocycles. The SMILES string of the molecule is c1ccc(-c2cc(-c3ccc4nc(-c5ccccc5)c5cc6c(cc5c4c3)-c3ccccc3C63c4ccccc4Oc4ccccc43)nc(-c3ccccc3)n2)cc1. The fourth-order valence-corrected chi connectivity index (χ4v) is 9.39. The van der Waals surface area contributed by atoms with Gasteiger partial charge in [0.2, 0.25) is 0 Å². The van der Waals surface area contributed by atoms with Crippen LogP contribution in [0.4, 0.5) is 0 Å². The molecule has 0 radical (unpaired) electrons. The minimum atomic E-state index is -0.584. The van der Waals surface area contributed by atoms with E-state index >= 15 is 0 Å². The van der Waals surface area contributed by atoms with Crippen LogP contribution < -0.4 is 4.74 Å². The van der Waals surface area contributed by atoms with E-state index in [1.807, 2.05) is 24.3 Å². The van der Waals surface area contributed by atoms with E-state index < -0.39 is 5.41 Å². The van der Waals surface area contributed by atoms with Gasteiger partial charge in [-0.05, 0) is 70.1 Å². The topological polar surface area (TPSA) is 47.9 Å². The summed E-state index contributed by atoms with van der Waals surface area (Å²) in [6.07, 6.45) is 0. The number of para-hydroxylation sites is 2. The van der Waals surface area contributed by atoms with Crippen molar-refractivity contribution in [1.82, 2.24) is 15.0 Å². The molecule has 0 atom stereocenters. The molecule has 0 amide bonds. The van der Waals surface area contributed by atoms with Crippen LogP contribution in [-0.2, 0) is 5.41 Å². The first-order valence-corrected chi connectivity index (χ1v) is 19.7. The second-order valence-corrected chi connectivity index (χ2v) is 15.1. The highest BCUT2D eigenvalue weighted by atomic mass is 16.5. The van der Waals surface area contributed by atoms with Crippen LogP contribution in [0.15, 0.2) is 200 Å². The third-order valence-corrected chi connectivity index (χ3v) is 11.9. The molecule has 0 saturated heterocycles. The first kappa shape index (κ1) is 32.5. The number of hydrogen-bond acceptors (Lipinski definition) is 4. The molecule has 2 aromatic heterocycles. The summed E-state index contributed by atoms with van der Waals surface area (Å²) in [7, 11) is 0. The maximum Gasteiger partial charge on any atom is 0.160 e. The van der Waals surface area contributed by atoms with Gasteiger partial charge in [0, 0.05) is 44.2 Å². The molecule has 1 aliphatic heterocycles. The van der Waals surface area contributed by atoms with Crippen molar-refractivity contribution in [2.24, 2.45) is 0 Å². The molecule has 0 bridgehead atoms. The molecule has 0 unspecified atom stereocenters. The Morgan fingerprint density at radius 3 is 1.60 bits per heavy atom. The average Bonchev–Trinajstić information content (AvgIpc) is 3.58. The van der Waals surface area contributed by atoms with Gasteiger partial charge in [0.1, 0.15) is 11.5 Å². The Kier molecular flexibility index (Phi) is 7.11. The summed E-state index contributed by atoms with van der Waals surface area (Å²) in [6.45, 7) is 0. The van der Waals surface area contributed by atoms with Crippen molar-refractivity contribution < 1.29 is 4.74 Å². The third kappa shape index (κ3) is 4.79. The van der Waals surface area contributed by atoms with Crippen molar-refractivity contribution in [2.45, 2.75) is 5.41 Å². The predicted octanol–water partition coefficient (Wildman–Crippen LogP) is 13.3. The molecule has 2 aliphatic rings. The number of ether oxygens (including phenoxy) is 1. The first-order chi connectivity index (χ1) is 28.7. The zero-order valence-electron chi connectivity index (χ0n) is 31.3. The fourth-order valence-electron chi connectivity index (χ4n) is 9.39. The Morgan fingerprint density at radius 2 is 0.914 bits per heavy atom. The van der Waals surface area contributed by atoms with Crippen LogP contribution in [0.5, 0.6) is 11.5 Å². The Hall–Kier alpha value is -7.69. The van der Waals surface area contributed by atoms with Gasteiger partial charge in [0.25, 0.3) is 0 Å². The van der Waals surface area contributed by atoms with Crippen LogP contribution in [0.1, 0.15) is 22.3 Å². The third-order valence-electron chi connectivity index (χ3n) is 11.9. The molecule has 4 heteroatoms. The van der Waals surface area contributed by atoms with E-state index in [9.17, 15) is 0 Å². The summed E-state index contributed by atoms with van der Waals surface area (Å²) >= 11 is 0. The number of benzene rings is 8. The highest BCUT2D eigenvalue weighted by Crippen LogP contribution is 2.62. The largest absolute Gasteiger partial charge is 0.457 e. The number of hydrogen-bond donors (Lipinski definition) is 0. The standard InChI is InChI=1S/C54H33N3O/c1-4-16-34(17-5-1)48-33-49(57-53(56-48)36-20-8-3-9-21-36)37-28-29-47-41(30-37)39-31-40-38-22-10-11-23-43(38)54(46(40)32-42(39)52(55-47)35-18-6-2-7-19-35)44-24-12-14-26-50(44)58-51-27-15-13-25-45(51)54/h1-33H. The molecule has 8 aromatic carbocycles. The molecular formula is C54H33N3O. The summed E-state index contributed by atoms with van der Waals surface area (Å²) in [5.41, 5.74) is 14.3. The molecule has 270 valence electrons. The van der Waals surface area contributed by atoms with Gasteiger partial charge in [-0.15, -0.1) is 0 Å². The second-order valence-electron chi connectivity index (χ2n) is 15.1. The van der Waals surface area contributed by atoms with E-state index in [0.717, 1.165) is 83.6 Å². The summed E-state index contributed by atoms with van der Waals surface area (Å²) in [6, 6.07) is 70.6. The van der Waals surface area contributed by atoms with Crippen molar-refractivity contribution in [3.05, 3.63) is 222 Å². The quantitative estimate of drug-likeness (QED) is 0.169. The summed E-state index contributed by atoms with van der Waals surface area (Å²) in [5, 5.41) is 3.31. The lowest BCUT2D eigenvalue weighted by atomic mass is 9.66. The number of nitrogens with zero attached hydrogens (tertiary/aromatic N) is 3. The molecular weight excluding hydrogens is 707 g/mol. The molecule has 4 nitrogen and oxygen atoms in total. The Labute approximate surface area is 335 Å². The van der Waals surface area contributed by atoms with Gasteiger partial charge in [0.05, 0.1) is 28.0 Å². The molecule has 0 N–H and O–H groups in total. The van der Waals surface area contributed by atoms with E-state index in [1.54, 1.807) is 0 Å². The molecule has 0 saturated carbocycles. The highest BCUT2D eigenvalue weighted by Gasteiger charge is 2.51. The predicted molar refractivity (Wildman–Crippen MR) is 234 cm³/mol. The van der Waals surface area contributed by atoms with E-state index in [4.69, 9.17) is 19.7 Å². The molecule has 58 heavy (non-hydrogen) atoms. The lowest BCUT2D eigenvalue weighted by Crippen LogP contribution is -2.32. The van der Waals surface area contributed by atoms with Crippen LogP contribution in [-0.4, -0.2) is 15.0 Å². The van der Waals surface area contributed by atoms with Gasteiger partial charge in [-0.25, -0.2) is 15.0 Å². The smallest absolute Gasteiger partial charge is 0.160 e. The van der Waals surface area contributed by atoms with Gasteiger partial charge in [-0.1, -0.05) is 158 Å². The Bertz CT molecular complexity index is 3150. The molecule has 1 spiro atoms. The highest BCUT2D eigenvalue weighted by molar-refractivity contribution is 6.14. The summed E-state index contributed by atoms with van der Waals surface area (Å²) < 4.78 is 6.64. The second kappa shape index (κ2) is 12.7. The van der Waals surface area contributed by atoms with Gasteiger partial charge in [-0.3, -0.25) is 0 Å². The minimum Gasteiger partial charge on any atom is -0.457 e. The van der Waals surface area contributed by atoms with Gasteiger partial charge in [0.15, 0.2) is 5.82 Å². The van der Waals surface area contributed by atoms with Crippen molar-refractivity contribution in [2.75, 3.05) is 0 Å². The van der Waals surface area contributed by atoms with Gasteiger partial charge < -0.3 is 4.74 Å². The van der Waals surface area contributed by atoms with E-state index in [2.05, 4.69) is 176 Å². The van der Waals surface area contributed by atoms with E-state index in [0.29, 0.717) is 5.82 Å². The lowest BCUT2D eigenvalue weighted by Gasteiger charge is -2.39. The van der Waals surface area contributed by atoms with E-state index in [-0.39, 0.29) is 0 Å². The van der Waals surface area contributed by atoms with E-state index in [1.165, 1.54) is 22.3 Å². The van der Waals surface area contributed by atoms with Crippen molar-refractivity contribution >= 4 is 21.7 Å². The van der Waals surface area contributed by atoms with Crippen molar-refractivity contribution in [3.8, 4) is 67.8 Å². The fraction of sp³-hybridized carbons (Fsp3) is 0.0185. The maximum absolute atomic E-state index is 6.64. The monoisotopic (exact) mass is 739 g/mol. The van der Waals surface area contributed by atoms with Crippen molar-refractivity contribution in [3.63, 3.8) is 0 Å². The molecule has 1 aliphatic carbocycles. The zero-order valence-corrected chi connectivity index (χ0v) is 31.3. The lowest BCUT2D eigenvalue weighted by molar-refractivity contribution is 0.436. The van der Waals surface area contributed by atoms with Crippen LogP contribution in [0.2, 0.25) is 0 Å². The summed E-state index contributed by atoms with van der Waals surface area (Å²) in [4.78, 5) is 15.7. The number of aromatic nitrogens is 3. The Balaban J connectivity index is 1.16. The van der Waals surface area contributed by atoms with Gasteiger partial charge in [-0.2, -0.15) is 0 Å². The normalized spacial score (nSPS) is 13.1. The Morgan fingerprint density at radius 1 is 0.345 bits per heavy atom. The number of rotatable bonds is 4. The summed E-state index contributed by atoms with van der Waals surface area (Å²) in [5.74, 6) is 2.45. The zero-order chi connectivity index (χ0) is 38.2. The molecule has 12 rings (SSSR count). The molecule has 10 aromatic rings. The van der Waals surface area contributed by atoms with Crippen LogP contribution in [0, 0.1) is 0 Å². The van der Waals surface area contributed by atoms with Crippen LogP contribution in [0.3, 0.4) is 0 Å². The van der Waals surface area contributed by atoms with Crippen LogP contribution >= 0.6 is 0 Å².